The first kappa shape index (κ1) is 14.0. The summed E-state index contributed by atoms with van der Waals surface area (Å²) in [5.74, 6) is 0.0937. The van der Waals surface area contributed by atoms with E-state index in [4.69, 9.17) is 0 Å². The number of ketones is 1. The van der Waals surface area contributed by atoms with Crippen LogP contribution in [0, 0.1) is 27.7 Å². The fraction of sp³-hybridized carbons (Fsp3) is 0.235. The van der Waals surface area contributed by atoms with Gasteiger partial charge in [-0.1, -0.05) is 39.7 Å². The zero-order chi connectivity index (χ0) is 14.2. The lowest BCUT2D eigenvalue weighted by molar-refractivity contribution is 0.103. The molecule has 0 aromatic heterocycles. The average molecular weight is 317 g/mol. The van der Waals surface area contributed by atoms with E-state index in [1.54, 1.807) is 0 Å². The van der Waals surface area contributed by atoms with E-state index >= 15 is 0 Å². The minimum absolute atomic E-state index is 0.0937. The molecule has 0 aliphatic heterocycles. The molecule has 0 heterocycles. The van der Waals surface area contributed by atoms with Gasteiger partial charge in [0.1, 0.15) is 0 Å². The van der Waals surface area contributed by atoms with Crippen LogP contribution in [0.3, 0.4) is 0 Å². The Labute approximate surface area is 122 Å². The van der Waals surface area contributed by atoms with E-state index in [1.807, 2.05) is 58.0 Å². The normalized spacial score (nSPS) is 10.6. The van der Waals surface area contributed by atoms with Gasteiger partial charge in [-0.25, -0.2) is 0 Å². The summed E-state index contributed by atoms with van der Waals surface area (Å²) in [7, 11) is 0. The maximum Gasteiger partial charge on any atom is 0.193 e. The summed E-state index contributed by atoms with van der Waals surface area (Å²) in [5.41, 5.74) is 5.93. The van der Waals surface area contributed by atoms with Gasteiger partial charge in [-0.3, -0.25) is 4.79 Å². The highest BCUT2D eigenvalue weighted by Gasteiger charge is 2.13. The Kier molecular flexibility index (Phi) is 3.91. The van der Waals surface area contributed by atoms with Crippen molar-refractivity contribution >= 4 is 21.7 Å². The van der Waals surface area contributed by atoms with Crippen molar-refractivity contribution in [3.63, 3.8) is 0 Å². The molecule has 0 saturated carbocycles. The van der Waals surface area contributed by atoms with Crippen LogP contribution in [0.5, 0.6) is 0 Å². The summed E-state index contributed by atoms with van der Waals surface area (Å²) in [4.78, 5) is 12.6. The maximum atomic E-state index is 12.6. The summed E-state index contributed by atoms with van der Waals surface area (Å²) in [5, 5.41) is 0. The van der Waals surface area contributed by atoms with Crippen molar-refractivity contribution in [2.75, 3.05) is 0 Å². The molecule has 2 aromatic carbocycles. The molecule has 0 atom stereocenters. The highest BCUT2D eigenvalue weighted by molar-refractivity contribution is 9.10. The molecule has 2 heteroatoms. The second kappa shape index (κ2) is 5.30. The second-order valence-corrected chi connectivity index (χ2v) is 5.86. The number of aryl methyl sites for hydroxylation is 4. The minimum Gasteiger partial charge on any atom is -0.289 e. The van der Waals surface area contributed by atoms with E-state index in [9.17, 15) is 4.79 Å². The van der Waals surface area contributed by atoms with E-state index in [1.165, 1.54) is 5.56 Å². The predicted molar refractivity (Wildman–Crippen MR) is 83.0 cm³/mol. The molecule has 2 rings (SSSR count). The lowest BCUT2D eigenvalue weighted by atomic mass is 9.95. The monoisotopic (exact) mass is 316 g/mol. The molecule has 0 aliphatic carbocycles. The number of hydrogen-bond donors (Lipinski definition) is 0. The van der Waals surface area contributed by atoms with E-state index < -0.39 is 0 Å². The summed E-state index contributed by atoms with van der Waals surface area (Å²) in [6.45, 7) is 8.04. The van der Waals surface area contributed by atoms with Crippen LogP contribution in [0.2, 0.25) is 0 Å². The van der Waals surface area contributed by atoms with Crippen molar-refractivity contribution in [1.82, 2.24) is 0 Å². The van der Waals surface area contributed by atoms with E-state index in [-0.39, 0.29) is 5.78 Å². The fourth-order valence-electron chi connectivity index (χ4n) is 2.30. The standard InChI is InChI=1S/C17H17BrO/c1-10-5-6-15(11(2)7-10)17(19)14-8-12(3)16(18)13(4)9-14/h5-9H,1-4H3. The third-order valence-corrected chi connectivity index (χ3v) is 4.58. The molecule has 1 nitrogen and oxygen atoms in total. The molecule has 0 spiro atoms. The third-order valence-electron chi connectivity index (χ3n) is 3.33. The summed E-state index contributed by atoms with van der Waals surface area (Å²) >= 11 is 3.53. The van der Waals surface area contributed by atoms with Gasteiger partial charge in [0, 0.05) is 15.6 Å². The van der Waals surface area contributed by atoms with E-state index in [0.29, 0.717) is 0 Å². The van der Waals surface area contributed by atoms with Gasteiger partial charge in [0.25, 0.3) is 0 Å². The smallest absolute Gasteiger partial charge is 0.193 e. The van der Waals surface area contributed by atoms with Crippen LogP contribution in [-0.2, 0) is 0 Å². The number of carbonyl (C=O) groups excluding carboxylic acids is 1. The molecule has 0 unspecified atom stereocenters. The van der Waals surface area contributed by atoms with Crippen LogP contribution < -0.4 is 0 Å². The molecule has 2 aromatic rings. The Morgan fingerprint density at radius 3 is 2.00 bits per heavy atom. The first-order valence-electron chi connectivity index (χ1n) is 6.29. The van der Waals surface area contributed by atoms with Gasteiger partial charge in [0.2, 0.25) is 0 Å². The van der Waals surface area contributed by atoms with Gasteiger partial charge in [-0.15, -0.1) is 0 Å². The van der Waals surface area contributed by atoms with Crippen molar-refractivity contribution in [2.24, 2.45) is 0 Å². The van der Waals surface area contributed by atoms with Gasteiger partial charge < -0.3 is 0 Å². The van der Waals surface area contributed by atoms with Crippen LogP contribution in [0.1, 0.15) is 38.2 Å². The lowest BCUT2D eigenvalue weighted by Gasteiger charge is -2.09. The number of rotatable bonds is 2. The Morgan fingerprint density at radius 1 is 0.895 bits per heavy atom. The Balaban J connectivity index is 2.50. The van der Waals surface area contributed by atoms with Crippen molar-refractivity contribution in [1.29, 1.82) is 0 Å². The van der Waals surface area contributed by atoms with Crippen LogP contribution in [0.25, 0.3) is 0 Å². The van der Waals surface area contributed by atoms with Crippen LogP contribution in [0.4, 0.5) is 0 Å². The molecule has 19 heavy (non-hydrogen) atoms. The highest BCUT2D eigenvalue weighted by atomic mass is 79.9. The SMILES string of the molecule is Cc1ccc(C(=O)c2cc(C)c(Br)c(C)c2)c(C)c1. The molecular formula is C17H17BrO. The van der Waals surface area contributed by atoms with Crippen LogP contribution in [0.15, 0.2) is 34.8 Å². The molecule has 0 aliphatic rings. The lowest BCUT2D eigenvalue weighted by Crippen LogP contribution is -2.05. The molecule has 0 amide bonds. The topological polar surface area (TPSA) is 17.1 Å². The number of halogens is 1. The predicted octanol–water partition coefficient (Wildman–Crippen LogP) is 4.91. The fourth-order valence-corrected chi connectivity index (χ4v) is 2.53. The second-order valence-electron chi connectivity index (χ2n) is 5.07. The summed E-state index contributed by atoms with van der Waals surface area (Å²) in [6, 6.07) is 9.84. The van der Waals surface area contributed by atoms with Gasteiger partial charge in [-0.05, 0) is 56.5 Å². The van der Waals surface area contributed by atoms with Gasteiger partial charge in [-0.2, -0.15) is 0 Å². The molecule has 0 N–H and O–H groups in total. The van der Waals surface area contributed by atoms with E-state index in [2.05, 4.69) is 15.9 Å². The first-order chi connectivity index (χ1) is 8.90. The first-order valence-corrected chi connectivity index (χ1v) is 7.08. The molecule has 0 fully saturated rings. The largest absolute Gasteiger partial charge is 0.289 e. The van der Waals surface area contributed by atoms with Crippen molar-refractivity contribution in [2.45, 2.75) is 27.7 Å². The van der Waals surface area contributed by atoms with Crippen LogP contribution in [-0.4, -0.2) is 5.78 Å². The zero-order valence-electron chi connectivity index (χ0n) is 11.7. The van der Waals surface area contributed by atoms with Gasteiger partial charge in [0.05, 0.1) is 0 Å². The van der Waals surface area contributed by atoms with Crippen molar-refractivity contribution < 1.29 is 4.79 Å². The minimum atomic E-state index is 0.0937. The average Bonchev–Trinajstić information content (AvgIpc) is 2.34. The Bertz CT molecular complexity index is 633. The van der Waals surface area contributed by atoms with Gasteiger partial charge >= 0.3 is 0 Å². The quantitative estimate of drug-likeness (QED) is 0.719. The van der Waals surface area contributed by atoms with E-state index in [0.717, 1.165) is 32.3 Å². The highest BCUT2D eigenvalue weighted by Crippen LogP contribution is 2.24. The van der Waals surface area contributed by atoms with Gasteiger partial charge in [0.15, 0.2) is 5.78 Å². The summed E-state index contributed by atoms with van der Waals surface area (Å²) in [6.07, 6.45) is 0. The number of hydrogen-bond acceptors (Lipinski definition) is 1. The van der Waals surface area contributed by atoms with Crippen molar-refractivity contribution in [3.8, 4) is 0 Å². The number of benzene rings is 2. The molecule has 98 valence electrons. The Morgan fingerprint density at radius 2 is 1.47 bits per heavy atom. The molecular weight excluding hydrogens is 300 g/mol. The maximum absolute atomic E-state index is 12.6. The molecule has 0 radical (unpaired) electrons. The molecule has 0 bridgehead atoms. The number of carbonyl (C=O) groups is 1. The summed E-state index contributed by atoms with van der Waals surface area (Å²) < 4.78 is 1.07. The molecule has 0 saturated heterocycles. The zero-order valence-corrected chi connectivity index (χ0v) is 13.3. The van der Waals surface area contributed by atoms with Crippen LogP contribution >= 0.6 is 15.9 Å². The van der Waals surface area contributed by atoms with Crippen molar-refractivity contribution in [3.05, 3.63) is 68.2 Å². The third kappa shape index (κ3) is 2.79. The Hall–Kier alpha value is -1.41.